The molecule has 58 heavy (non-hydrogen) atoms. The first-order valence-electron chi connectivity index (χ1n) is 19.9. The van der Waals surface area contributed by atoms with Crippen LogP contribution in [0.2, 0.25) is 0 Å². The first kappa shape index (κ1) is 36.6. The molecule has 9 aromatic rings. The molecule has 7 aromatic carbocycles. The summed E-state index contributed by atoms with van der Waals surface area (Å²) in [5.41, 5.74) is 16.9. The number of aromatic hydroxyl groups is 1. The van der Waals surface area contributed by atoms with Gasteiger partial charge in [0.25, 0.3) is 0 Å². The number of rotatable bonds is 7. The van der Waals surface area contributed by atoms with Crippen LogP contribution in [-0.2, 0) is 5.41 Å². The van der Waals surface area contributed by atoms with Gasteiger partial charge in [0.15, 0.2) is 0 Å². The van der Waals surface area contributed by atoms with Gasteiger partial charge in [0.05, 0.1) is 28.0 Å². The number of phenols is 1. The standard InChI is InChI=1S/C54H45N3O/c1-35-24-25-49(45(28-35)39-20-13-8-14-21-39)57-50-23-15-22-44(51(50)56-53(57)46-29-36(2)30-47(52(46)58)54(3,4)5)42-31-41(38-18-11-7-12-19-38)32-43(33-42)48-34-40(26-27-55-48)37-16-9-6-10-17-37/h6-34,58H,1-5H3. The van der Waals surface area contributed by atoms with E-state index in [1.54, 1.807) is 0 Å². The second-order valence-corrected chi connectivity index (χ2v) is 16.3. The summed E-state index contributed by atoms with van der Waals surface area (Å²) in [6.07, 6.45) is 1.90. The number of para-hydroxylation sites is 1. The quantitative estimate of drug-likeness (QED) is 0.176. The average molecular weight is 752 g/mol. The predicted octanol–water partition coefficient (Wildman–Crippen LogP) is 14.0. The summed E-state index contributed by atoms with van der Waals surface area (Å²) in [4.78, 5) is 10.5. The van der Waals surface area contributed by atoms with Gasteiger partial charge in [-0.05, 0) is 113 Å². The van der Waals surface area contributed by atoms with Gasteiger partial charge in [0, 0.05) is 28.5 Å². The smallest absolute Gasteiger partial charge is 0.149 e. The van der Waals surface area contributed by atoms with Crippen molar-refractivity contribution < 1.29 is 5.11 Å². The van der Waals surface area contributed by atoms with E-state index < -0.39 is 0 Å². The lowest BCUT2D eigenvalue weighted by Crippen LogP contribution is -2.12. The molecular weight excluding hydrogens is 707 g/mol. The molecule has 0 aliphatic heterocycles. The SMILES string of the molecule is Cc1ccc(-n2c(-c3cc(C)cc(C(C)(C)C)c3O)nc3c(-c4cc(-c5ccccc5)cc(-c5cc(-c6ccccc6)ccn5)c4)cccc32)c(-c2ccccc2)c1. The van der Waals surface area contributed by atoms with Gasteiger partial charge in [-0.3, -0.25) is 9.55 Å². The van der Waals surface area contributed by atoms with Crippen LogP contribution >= 0.6 is 0 Å². The summed E-state index contributed by atoms with van der Waals surface area (Å²) in [7, 11) is 0. The molecule has 0 aliphatic rings. The molecular formula is C54H45N3O. The van der Waals surface area contributed by atoms with E-state index in [9.17, 15) is 5.11 Å². The molecule has 1 N–H and O–H groups in total. The number of pyridine rings is 1. The number of aryl methyl sites for hydroxylation is 2. The molecule has 0 saturated heterocycles. The third-order valence-electron chi connectivity index (χ3n) is 11.0. The molecule has 0 spiro atoms. The molecule has 9 rings (SSSR count). The van der Waals surface area contributed by atoms with Crippen LogP contribution in [0.15, 0.2) is 176 Å². The molecule has 0 fully saturated rings. The third kappa shape index (κ3) is 6.88. The summed E-state index contributed by atoms with van der Waals surface area (Å²) in [5.74, 6) is 0.939. The highest BCUT2D eigenvalue weighted by Crippen LogP contribution is 2.44. The minimum atomic E-state index is -0.286. The Morgan fingerprint density at radius 3 is 1.79 bits per heavy atom. The molecule has 0 atom stereocenters. The lowest BCUT2D eigenvalue weighted by Gasteiger charge is -2.23. The lowest BCUT2D eigenvalue weighted by atomic mass is 9.84. The minimum Gasteiger partial charge on any atom is -0.507 e. The van der Waals surface area contributed by atoms with Gasteiger partial charge in [-0.25, -0.2) is 4.98 Å². The maximum atomic E-state index is 12.2. The van der Waals surface area contributed by atoms with Crippen LogP contribution in [0, 0.1) is 13.8 Å². The predicted molar refractivity (Wildman–Crippen MR) is 241 cm³/mol. The van der Waals surface area contributed by atoms with E-state index in [2.05, 4.69) is 197 Å². The van der Waals surface area contributed by atoms with Crippen LogP contribution < -0.4 is 0 Å². The fourth-order valence-corrected chi connectivity index (χ4v) is 8.10. The van der Waals surface area contributed by atoms with Crippen molar-refractivity contribution in [2.45, 2.75) is 40.0 Å². The Kier molecular flexibility index (Phi) is 9.34. The highest BCUT2D eigenvalue weighted by molar-refractivity contribution is 5.98. The van der Waals surface area contributed by atoms with Crippen LogP contribution in [-0.4, -0.2) is 19.6 Å². The fraction of sp³-hybridized carbons (Fsp3) is 0.111. The molecule has 4 nitrogen and oxygen atoms in total. The van der Waals surface area contributed by atoms with E-state index in [1.165, 1.54) is 0 Å². The zero-order valence-electron chi connectivity index (χ0n) is 33.5. The number of phenolic OH excluding ortho intramolecular Hbond substituents is 1. The van der Waals surface area contributed by atoms with Crippen molar-refractivity contribution in [1.82, 2.24) is 14.5 Å². The molecule has 0 bridgehead atoms. The Balaban J connectivity index is 1.34. The van der Waals surface area contributed by atoms with Crippen LogP contribution in [0.5, 0.6) is 5.75 Å². The molecule has 2 heterocycles. The maximum absolute atomic E-state index is 12.2. The van der Waals surface area contributed by atoms with Crippen molar-refractivity contribution in [2.75, 3.05) is 0 Å². The zero-order valence-corrected chi connectivity index (χ0v) is 33.5. The zero-order chi connectivity index (χ0) is 40.0. The summed E-state index contributed by atoms with van der Waals surface area (Å²) >= 11 is 0. The molecule has 282 valence electrons. The van der Waals surface area contributed by atoms with Gasteiger partial charge in [-0.2, -0.15) is 0 Å². The Hall–Kier alpha value is -7.04. The van der Waals surface area contributed by atoms with Gasteiger partial charge in [-0.1, -0.05) is 142 Å². The van der Waals surface area contributed by atoms with Gasteiger partial charge in [-0.15, -0.1) is 0 Å². The summed E-state index contributed by atoms with van der Waals surface area (Å²) < 4.78 is 2.24. The molecule has 4 heteroatoms. The molecule has 0 radical (unpaired) electrons. The monoisotopic (exact) mass is 751 g/mol. The third-order valence-corrected chi connectivity index (χ3v) is 11.0. The molecule has 0 saturated carbocycles. The molecule has 0 aliphatic carbocycles. The summed E-state index contributed by atoms with van der Waals surface area (Å²) in [5, 5.41) is 12.2. The second-order valence-electron chi connectivity index (χ2n) is 16.3. The number of hydrogen-bond acceptors (Lipinski definition) is 3. The summed E-state index contributed by atoms with van der Waals surface area (Å²) in [6, 6.07) is 59.6. The Morgan fingerprint density at radius 1 is 0.483 bits per heavy atom. The highest BCUT2D eigenvalue weighted by Gasteiger charge is 2.27. The van der Waals surface area contributed by atoms with Crippen molar-refractivity contribution in [3.8, 4) is 78.6 Å². The van der Waals surface area contributed by atoms with Gasteiger partial charge in [0.2, 0.25) is 0 Å². The van der Waals surface area contributed by atoms with E-state index in [0.717, 1.165) is 89.2 Å². The Labute approximate surface area is 340 Å². The topological polar surface area (TPSA) is 50.9 Å². The van der Waals surface area contributed by atoms with Crippen LogP contribution in [0.1, 0.15) is 37.5 Å². The lowest BCUT2D eigenvalue weighted by molar-refractivity contribution is 0.448. The number of aromatic nitrogens is 3. The van der Waals surface area contributed by atoms with Crippen molar-refractivity contribution in [1.29, 1.82) is 0 Å². The number of hydrogen-bond donors (Lipinski definition) is 1. The average Bonchev–Trinajstić information content (AvgIpc) is 3.64. The van der Waals surface area contributed by atoms with Gasteiger partial charge < -0.3 is 5.11 Å². The van der Waals surface area contributed by atoms with Crippen LogP contribution in [0.25, 0.3) is 83.9 Å². The number of fused-ring (bicyclic) bond motifs is 1. The van der Waals surface area contributed by atoms with Gasteiger partial charge >= 0.3 is 0 Å². The molecule has 2 aromatic heterocycles. The fourth-order valence-electron chi connectivity index (χ4n) is 8.10. The molecule has 0 unspecified atom stereocenters. The van der Waals surface area contributed by atoms with Crippen molar-refractivity contribution in [3.63, 3.8) is 0 Å². The van der Waals surface area contributed by atoms with E-state index in [1.807, 2.05) is 18.3 Å². The normalized spacial score (nSPS) is 11.6. The van der Waals surface area contributed by atoms with E-state index >= 15 is 0 Å². The van der Waals surface area contributed by atoms with E-state index in [4.69, 9.17) is 9.97 Å². The largest absolute Gasteiger partial charge is 0.507 e. The minimum absolute atomic E-state index is 0.252. The first-order valence-corrected chi connectivity index (χ1v) is 19.9. The van der Waals surface area contributed by atoms with Crippen LogP contribution in [0.3, 0.4) is 0 Å². The first-order chi connectivity index (χ1) is 28.1. The van der Waals surface area contributed by atoms with Crippen molar-refractivity contribution in [2.24, 2.45) is 0 Å². The van der Waals surface area contributed by atoms with Crippen molar-refractivity contribution >= 4 is 11.0 Å². The Bertz CT molecular complexity index is 2940. The molecule has 0 amide bonds. The summed E-state index contributed by atoms with van der Waals surface area (Å²) in [6.45, 7) is 10.6. The number of nitrogens with zero attached hydrogens (tertiary/aromatic N) is 3. The van der Waals surface area contributed by atoms with Gasteiger partial charge in [0.1, 0.15) is 11.6 Å². The van der Waals surface area contributed by atoms with E-state index in [-0.39, 0.29) is 11.2 Å². The second kappa shape index (κ2) is 14.8. The maximum Gasteiger partial charge on any atom is 0.149 e. The highest BCUT2D eigenvalue weighted by atomic mass is 16.3. The number of imidazole rings is 1. The Morgan fingerprint density at radius 2 is 1.10 bits per heavy atom. The van der Waals surface area contributed by atoms with Crippen LogP contribution in [0.4, 0.5) is 0 Å². The van der Waals surface area contributed by atoms with E-state index in [0.29, 0.717) is 11.4 Å². The van der Waals surface area contributed by atoms with Crippen molar-refractivity contribution in [3.05, 3.63) is 193 Å². The number of benzene rings is 7.